The van der Waals surface area contributed by atoms with Gasteiger partial charge in [0.15, 0.2) is 0 Å². The van der Waals surface area contributed by atoms with Crippen LogP contribution in [0, 0.1) is 0 Å². The Morgan fingerprint density at radius 3 is 2.44 bits per heavy atom. The van der Waals surface area contributed by atoms with E-state index in [0.717, 1.165) is 0 Å². The van der Waals surface area contributed by atoms with Gasteiger partial charge in [0, 0.05) is 7.11 Å². The number of hydrogen-bond acceptors (Lipinski definition) is 5. The third kappa shape index (κ3) is 5.61. The van der Waals surface area contributed by atoms with Gasteiger partial charge in [0.25, 0.3) is 7.52 Å². The predicted molar refractivity (Wildman–Crippen MR) is 60.3 cm³/mol. The van der Waals surface area contributed by atoms with E-state index in [4.69, 9.17) is 14.0 Å². The average Bonchev–Trinajstić information content (AvgIpc) is 2.18. The van der Waals surface area contributed by atoms with Crippen LogP contribution in [0.1, 0.15) is 20.8 Å². The van der Waals surface area contributed by atoms with Crippen molar-refractivity contribution in [1.29, 1.82) is 0 Å². The van der Waals surface area contributed by atoms with Crippen LogP contribution in [-0.2, 0) is 23.4 Å². The molecule has 0 saturated carbocycles. The van der Waals surface area contributed by atoms with E-state index >= 15 is 0 Å². The molecule has 96 valence electrons. The molecule has 6 nitrogen and oxygen atoms in total. The first-order valence-corrected chi connectivity index (χ1v) is 6.97. The van der Waals surface area contributed by atoms with E-state index in [1.165, 1.54) is 7.11 Å². The fraction of sp³-hybridized carbons (Fsp3) is 0.889. The maximum absolute atomic E-state index is 12.1. The van der Waals surface area contributed by atoms with Crippen LogP contribution in [0.3, 0.4) is 0 Å². The van der Waals surface area contributed by atoms with Crippen molar-refractivity contribution in [3.05, 3.63) is 0 Å². The highest BCUT2D eigenvalue weighted by atomic mass is 31.2. The van der Waals surface area contributed by atoms with Gasteiger partial charge in [-0.25, -0.2) is 5.09 Å². The number of rotatable bonds is 8. The molecule has 0 saturated heterocycles. The second-order valence-corrected chi connectivity index (χ2v) is 5.23. The molecule has 7 heteroatoms. The first-order valence-electron chi connectivity index (χ1n) is 5.16. The van der Waals surface area contributed by atoms with Gasteiger partial charge >= 0.3 is 5.97 Å². The lowest BCUT2D eigenvalue weighted by atomic mass is 10.4. The zero-order chi connectivity index (χ0) is 12.6. The molecule has 0 heterocycles. The van der Waals surface area contributed by atoms with Crippen molar-refractivity contribution in [1.82, 2.24) is 5.09 Å². The fourth-order valence-electron chi connectivity index (χ4n) is 1.11. The van der Waals surface area contributed by atoms with Crippen molar-refractivity contribution in [2.75, 3.05) is 26.7 Å². The first-order chi connectivity index (χ1) is 7.49. The van der Waals surface area contributed by atoms with Crippen LogP contribution in [0.15, 0.2) is 0 Å². The molecule has 0 radical (unpaired) electrons. The summed E-state index contributed by atoms with van der Waals surface area (Å²) in [6.07, 6.45) is -0.0788. The fourth-order valence-corrected chi connectivity index (χ4v) is 2.78. The highest BCUT2D eigenvalue weighted by molar-refractivity contribution is 7.56. The SMILES string of the molecule is CCOC(=O)C(C)NP(=O)(COC)OCC. The minimum Gasteiger partial charge on any atom is -0.465 e. The molecule has 0 aromatic rings. The van der Waals surface area contributed by atoms with Crippen LogP contribution in [0.5, 0.6) is 0 Å². The number of ether oxygens (including phenoxy) is 2. The summed E-state index contributed by atoms with van der Waals surface area (Å²) in [4.78, 5) is 11.3. The van der Waals surface area contributed by atoms with Gasteiger partial charge in [-0.05, 0) is 20.8 Å². The maximum atomic E-state index is 12.1. The molecule has 0 spiro atoms. The molecule has 0 aliphatic carbocycles. The van der Waals surface area contributed by atoms with Crippen LogP contribution < -0.4 is 5.09 Å². The Morgan fingerprint density at radius 1 is 1.38 bits per heavy atom. The zero-order valence-electron chi connectivity index (χ0n) is 10.2. The van der Waals surface area contributed by atoms with E-state index in [2.05, 4.69) is 5.09 Å². The van der Waals surface area contributed by atoms with E-state index in [-0.39, 0.29) is 19.6 Å². The quantitative estimate of drug-likeness (QED) is 0.520. The number of carbonyl (C=O) groups is 1. The van der Waals surface area contributed by atoms with Gasteiger partial charge in [-0.3, -0.25) is 9.36 Å². The van der Waals surface area contributed by atoms with Gasteiger partial charge in [-0.2, -0.15) is 0 Å². The van der Waals surface area contributed by atoms with Gasteiger partial charge in [0.1, 0.15) is 12.4 Å². The summed E-state index contributed by atoms with van der Waals surface area (Å²) in [6.45, 7) is 5.57. The van der Waals surface area contributed by atoms with E-state index < -0.39 is 19.5 Å². The lowest BCUT2D eigenvalue weighted by Gasteiger charge is -2.21. The molecule has 0 aliphatic heterocycles. The van der Waals surface area contributed by atoms with Gasteiger partial charge < -0.3 is 14.0 Å². The Morgan fingerprint density at radius 2 is 2.00 bits per heavy atom. The Kier molecular flexibility index (Phi) is 7.58. The van der Waals surface area contributed by atoms with Gasteiger partial charge in [-0.15, -0.1) is 0 Å². The number of methoxy groups -OCH3 is 1. The Labute approximate surface area is 96.1 Å². The number of esters is 1. The molecule has 0 amide bonds. The summed E-state index contributed by atoms with van der Waals surface area (Å²) in [6, 6.07) is -0.688. The molecule has 0 bridgehead atoms. The van der Waals surface area contributed by atoms with E-state index in [1.807, 2.05) is 0 Å². The molecule has 2 atom stereocenters. The van der Waals surface area contributed by atoms with Crippen LogP contribution in [0.2, 0.25) is 0 Å². The standard InChI is InChI=1S/C9H20NO5P/c1-5-14-9(11)8(3)10-16(12,7-13-4)15-6-2/h8H,5-7H2,1-4H3,(H,10,12). The minimum atomic E-state index is -3.13. The van der Waals surface area contributed by atoms with E-state index in [9.17, 15) is 9.36 Å². The Hall–Kier alpha value is -0.420. The molecule has 0 aromatic carbocycles. The normalized spacial score (nSPS) is 16.5. The summed E-state index contributed by atoms with van der Waals surface area (Å²) in [5.41, 5.74) is 0. The molecule has 0 rings (SSSR count). The van der Waals surface area contributed by atoms with E-state index in [1.54, 1.807) is 20.8 Å². The third-order valence-corrected chi connectivity index (χ3v) is 3.72. The molecule has 0 aliphatic rings. The van der Waals surface area contributed by atoms with Crippen molar-refractivity contribution in [3.63, 3.8) is 0 Å². The van der Waals surface area contributed by atoms with Crippen LogP contribution in [0.4, 0.5) is 0 Å². The molecule has 1 N–H and O–H groups in total. The smallest absolute Gasteiger partial charge is 0.323 e. The summed E-state index contributed by atoms with van der Waals surface area (Å²) < 4.78 is 26.7. The van der Waals surface area contributed by atoms with Gasteiger partial charge in [0.2, 0.25) is 0 Å². The Bertz CT molecular complexity index is 248. The third-order valence-electron chi connectivity index (χ3n) is 1.67. The molecule has 0 aromatic heterocycles. The van der Waals surface area contributed by atoms with E-state index in [0.29, 0.717) is 0 Å². The zero-order valence-corrected chi connectivity index (χ0v) is 11.1. The molecule has 0 fully saturated rings. The predicted octanol–water partition coefficient (Wildman–Crippen LogP) is 1.36. The number of carbonyl (C=O) groups excluding carboxylic acids is 1. The lowest BCUT2D eigenvalue weighted by Crippen LogP contribution is -2.34. The summed E-state index contributed by atoms with van der Waals surface area (Å²) in [5, 5.41) is 2.61. The maximum Gasteiger partial charge on any atom is 0.323 e. The van der Waals surface area contributed by atoms with Crippen molar-refractivity contribution in [2.24, 2.45) is 0 Å². The minimum absolute atomic E-state index is 0.0788. The van der Waals surface area contributed by atoms with Gasteiger partial charge in [-0.1, -0.05) is 0 Å². The summed E-state index contributed by atoms with van der Waals surface area (Å²) in [7, 11) is -1.71. The average molecular weight is 253 g/mol. The topological polar surface area (TPSA) is 73.9 Å². The molecule has 16 heavy (non-hydrogen) atoms. The highest BCUT2D eigenvalue weighted by Gasteiger charge is 2.28. The largest absolute Gasteiger partial charge is 0.465 e. The summed E-state index contributed by atoms with van der Waals surface area (Å²) >= 11 is 0. The van der Waals surface area contributed by atoms with Crippen molar-refractivity contribution >= 4 is 13.5 Å². The lowest BCUT2D eigenvalue weighted by molar-refractivity contribution is -0.144. The molecule has 2 unspecified atom stereocenters. The van der Waals surface area contributed by atoms with Gasteiger partial charge in [0.05, 0.1) is 13.2 Å². The molecular formula is C9H20NO5P. The van der Waals surface area contributed by atoms with Crippen molar-refractivity contribution < 1.29 is 23.4 Å². The Balaban J connectivity index is 4.38. The summed E-state index contributed by atoms with van der Waals surface area (Å²) in [5.74, 6) is -0.460. The molecular weight excluding hydrogens is 233 g/mol. The van der Waals surface area contributed by atoms with Crippen LogP contribution >= 0.6 is 7.52 Å². The van der Waals surface area contributed by atoms with Crippen LogP contribution in [-0.4, -0.2) is 38.7 Å². The number of hydrogen-bond donors (Lipinski definition) is 1. The second kappa shape index (κ2) is 7.79. The second-order valence-electron chi connectivity index (χ2n) is 3.11. The first kappa shape index (κ1) is 15.6. The van der Waals surface area contributed by atoms with Crippen molar-refractivity contribution in [3.8, 4) is 0 Å². The van der Waals surface area contributed by atoms with Crippen molar-refractivity contribution in [2.45, 2.75) is 26.8 Å². The monoisotopic (exact) mass is 253 g/mol. The number of nitrogens with one attached hydrogen (secondary N) is 1. The highest BCUT2D eigenvalue weighted by Crippen LogP contribution is 2.42. The van der Waals surface area contributed by atoms with Crippen LogP contribution in [0.25, 0.3) is 0 Å².